The number of piperidine rings is 1. The molecule has 0 radical (unpaired) electrons. The molecule has 1 aliphatic rings. The summed E-state index contributed by atoms with van der Waals surface area (Å²) in [7, 11) is 1.61. The van der Waals surface area contributed by atoms with Crippen LogP contribution in [0.3, 0.4) is 0 Å². The first-order chi connectivity index (χ1) is 14.9. The van der Waals surface area contributed by atoms with E-state index < -0.39 is 5.60 Å². The van der Waals surface area contributed by atoms with Gasteiger partial charge in [-0.05, 0) is 24.3 Å². The molecule has 0 spiro atoms. The number of aliphatic hydroxyl groups is 1. The van der Waals surface area contributed by atoms with Crippen LogP contribution < -0.4 is 10.9 Å². The Morgan fingerprint density at radius 2 is 2.00 bits per heavy atom. The first-order valence-corrected chi connectivity index (χ1v) is 10.7. The molecule has 1 saturated heterocycles. The van der Waals surface area contributed by atoms with Crippen molar-refractivity contribution in [2.75, 3.05) is 38.7 Å². The third-order valence-corrected chi connectivity index (χ3v) is 5.85. The lowest BCUT2D eigenvalue weighted by atomic mass is 9.90. The van der Waals surface area contributed by atoms with Crippen LogP contribution in [0, 0.1) is 0 Å². The van der Waals surface area contributed by atoms with Crippen LogP contribution >= 0.6 is 0 Å². The predicted molar refractivity (Wildman–Crippen MR) is 119 cm³/mol. The molecule has 0 aliphatic carbocycles. The third-order valence-electron chi connectivity index (χ3n) is 5.85. The number of rotatable bonds is 9. The highest BCUT2D eigenvalue weighted by atomic mass is 16.5. The number of hydrogen-bond acceptors (Lipinski definition) is 6. The summed E-state index contributed by atoms with van der Waals surface area (Å²) in [6, 6.07) is 11.4. The van der Waals surface area contributed by atoms with Crippen molar-refractivity contribution in [3.05, 3.63) is 58.6 Å². The lowest BCUT2D eigenvalue weighted by molar-refractivity contribution is -0.136. The van der Waals surface area contributed by atoms with Gasteiger partial charge in [0, 0.05) is 39.2 Å². The van der Waals surface area contributed by atoms with E-state index in [9.17, 15) is 14.7 Å². The van der Waals surface area contributed by atoms with E-state index in [1.54, 1.807) is 7.11 Å². The molecule has 3 rings (SSSR count). The largest absolute Gasteiger partial charge is 0.388 e. The fraction of sp³-hybridized carbons (Fsp3) is 0.522. The molecule has 2 aromatic rings. The van der Waals surface area contributed by atoms with Crippen molar-refractivity contribution in [2.24, 2.45) is 0 Å². The molecule has 1 aromatic heterocycles. The van der Waals surface area contributed by atoms with Crippen LogP contribution in [0.15, 0.2) is 47.5 Å². The maximum absolute atomic E-state index is 12.7. The van der Waals surface area contributed by atoms with Crippen LogP contribution in [-0.4, -0.2) is 64.4 Å². The number of carbonyl (C=O) groups is 1. The minimum absolute atomic E-state index is 0.101. The summed E-state index contributed by atoms with van der Waals surface area (Å²) in [6.07, 6.45) is 2.76. The highest BCUT2D eigenvalue weighted by molar-refractivity contribution is 5.77. The predicted octanol–water partition coefficient (Wildman–Crippen LogP) is 1.85. The second kappa shape index (κ2) is 10.5. The zero-order valence-corrected chi connectivity index (χ0v) is 18.3. The van der Waals surface area contributed by atoms with E-state index in [1.807, 2.05) is 35.2 Å². The van der Waals surface area contributed by atoms with Crippen LogP contribution in [-0.2, 0) is 16.1 Å². The monoisotopic (exact) mass is 428 g/mol. The van der Waals surface area contributed by atoms with Gasteiger partial charge in [-0.3, -0.25) is 14.2 Å². The van der Waals surface area contributed by atoms with Crippen molar-refractivity contribution in [3.8, 4) is 0 Å². The van der Waals surface area contributed by atoms with Gasteiger partial charge in [0.2, 0.25) is 5.91 Å². The van der Waals surface area contributed by atoms with Crippen molar-refractivity contribution in [1.29, 1.82) is 0 Å². The molecule has 1 atom stereocenters. The molecule has 8 heteroatoms. The van der Waals surface area contributed by atoms with Crippen molar-refractivity contribution in [3.63, 3.8) is 0 Å². The van der Waals surface area contributed by atoms with E-state index >= 15 is 0 Å². The number of anilines is 1. The van der Waals surface area contributed by atoms with Gasteiger partial charge in [0.15, 0.2) is 0 Å². The second-order valence-electron chi connectivity index (χ2n) is 8.28. The minimum Gasteiger partial charge on any atom is -0.388 e. The van der Waals surface area contributed by atoms with Gasteiger partial charge < -0.3 is 20.1 Å². The molecule has 2 heterocycles. The van der Waals surface area contributed by atoms with Gasteiger partial charge >= 0.3 is 0 Å². The topological polar surface area (TPSA) is 96.7 Å². The Balaban J connectivity index is 1.52. The van der Waals surface area contributed by atoms with E-state index in [0.29, 0.717) is 51.3 Å². The average molecular weight is 429 g/mol. The Morgan fingerprint density at radius 3 is 2.65 bits per heavy atom. The molecule has 0 saturated carbocycles. The van der Waals surface area contributed by atoms with Gasteiger partial charge in [0.25, 0.3) is 5.56 Å². The third kappa shape index (κ3) is 6.38. The highest BCUT2D eigenvalue weighted by Gasteiger charge is 2.34. The van der Waals surface area contributed by atoms with Gasteiger partial charge in [0.1, 0.15) is 5.82 Å². The summed E-state index contributed by atoms with van der Waals surface area (Å²) in [5.41, 5.74) is -0.104. The molecule has 31 heavy (non-hydrogen) atoms. The zero-order chi connectivity index (χ0) is 22.3. The molecule has 8 nitrogen and oxygen atoms in total. The van der Waals surface area contributed by atoms with Crippen LogP contribution in [0.25, 0.3) is 0 Å². The summed E-state index contributed by atoms with van der Waals surface area (Å²) in [5, 5.41) is 14.0. The van der Waals surface area contributed by atoms with Crippen molar-refractivity contribution >= 4 is 11.7 Å². The van der Waals surface area contributed by atoms with Crippen LogP contribution in [0.4, 0.5) is 5.82 Å². The van der Waals surface area contributed by atoms with Crippen LogP contribution in [0.1, 0.15) is 37.7 Å². The minimum atomic E-state index is -1.03. The molecule has 1 fully saturated rings. The van der Waals surface area contributed by atoms with E-state index in [0.717, 1.165) is 5.56 Å². The number of nitrogens with one attached hydrogen (secondary N) is 1. The smallest absolute Gasteiger partial charge is 0.255 e. The van der Waals surface area contributed by atoms with Gasteiger partial charge in [-0.1, -0.05) is 37.3 Å². The molecule has 2 N–H and O–H groups in total. The number of hydrogen-bond donors (Lipinski definition) is 2. The fourth-order valence-electron chi connectivity index (χ4n) is 3.86. The Morgan fingerprint density at radius 1 is 1.29 bits per heavy atom. The standard InChI is InChI=1S/C23H32N4O4/c1-18(19-6-4-3-5-7-19)14-21(28)26-11-8-23(30,9-12-26)16-27-17-25-20(15-22(27)29)24-10-13-31-2/h3-7,15,17-18,24,30H,8-14,16H2,1-2H3. The molecule has 0 bridgehead atoms. The summed E-state index contributed by atoms with van der Waals surface area (Å²) in [4.78, 5) is 31.2. The highest BCUT2D eigenvalue weighted by Crippen LogP contribution is 2.26. The number of aromatic nitrogens is 2. The van der Waals surface area contributed by atoms with Gasteiger partial charge in [-0.25, -0.2) is 4.98 Å². The van der Waals surface area contributed by atoms with Crippen LogP contribution in [0.5, 0.6) is 0 Å². The Bertz CT molecular complexity index is 907. The molecular formula is C23H32N4O4. The Hall–Kier alpha value is -2.71. The van der Waals surface area contributed by atoms with Gasteiger partial charge in [0.05, 0.1) is 25.1 Å². The van der Waals surface area contributed by atoms with E-state index in [2.05, 4.69) is 17.2 Å². The summed E-state index contributed by atoms with van der Waals surface area (Å²) in [5.74, 6) is 0.733. The summed E-state index contributed by atoms with van der Waals surface area (Å²) < 4.78 is 6.39. The number of ether oxygens (including phenoxy) is 1. The maximum atomic E-state index is 12.7. The second-order valence-corrected chi connectivity index (χ2v) is 8.28. The Kier molecular flexibility index (Phi) is 7.81. The van der Waals surface area contributed by atoms with E-state index in [-0.39, 0.29) is 23.9 Å². The van der Waals surface area contributed by atoms with Crippen molar-refractivity contribution in [1.82, 2.24) is 14.5 Å². The van der Waals surface area contributed by atoms with Gasteiger partial charge in [-0.2, -0.15) is 0 Å². The molecule has 1 amide bonds. The summed E-state index contributed by atoms with van der Waals surface area (Å²) >= 11 is 0. The number of benzene rings is 1. The van der Waals surface area contributed by atoms with E-state index in [1.165, 1.54) is 17.0 Å². The quantitative estimate of drug-likeness (QED) is 0.592. The Labute approximate surface area is 182 Å². The first-order valence-electron chi connectivity index (χ1n) is 10.7. The number of amides is 1. The lowest BCUT2D eigenvalue weighted by Gasteiger charge is -2.38. The lowest BCUT2D eigenvalue weighted by Crippen LogP contribution is -2.49. The van der Waals surface area contributed by atoms with Gasteiger partial charge in [-0.15, -0.1) is 0 Å². The number of carbonyl (C=O) groups excluding carboxylic acids is 1. The van der Waals surface area contributed by atoms with Crippen molar-refractivity contribution < 1.29 is 14.6 Å². The first kappa shape index (κ1) is 23.0. The SMILES string of the molecule is COCCNc1cc(=O)n(CC2(O)CCN(C(=O)CC(C)c3ccccc3)CC2)cn1. The summed E-state index contributed by atoms with van der Waals surface area (Å²) in [6.45, 7) is 4.26. The zero-order valence-electron chi connectivity index (χ0n) is 18.3. The number of methoxy groups -OCH3 is 1. The molecular weight excluding hydrogens is 396 g/mol. The number of likely N-dealkylation sites (tertiary alicyclic amines) is 1. The maximum Gasteiger partial charge on any atom is 0.255 e. The molecule has 1 aromatic carbocycles. The fourth-order valence-corrected chi connectivity index (χ4v) is 3.86. The van der Waals surface area contributed by atoms with Crippen molar-refractivity contribution in [2.45, 2.75) is 44.2 Å². The average Bonchev–Trinajstić information content (AvgIpc) is 2.77. The number of nitrogens with zero attached hydrogens (tertiary/aromatic N) is 3. The normalized spacial score (nSPS) is 16.7. The molecule has 1 unspecified atom stereocenters. The molecule has 1 aliphatic heterocycles. The van der Waals surface area contributed by atoms with E-state index in [4.69, 9.17) is 4.74 Å². The molecule has 168 valence electrons. The van der Waals surface area contributed by atoms with Crippen LogP contribution in [0.2, 0.25) is 0 Å².